The molecule has 1 N–H and O–H groups in total. The molecule has 0 saturated heterocycles. The van der Waals surface area contributed by atoms with Gasteiger partial charge < -0.3 is 4.90 Å². The van der Waals surface area contributed by atoms with E-state index in [-0.39, 0.29) is 0 Å². The first-order valence-electron chi connectivity index (χ1n) is 2.44. The summed E-state index contributed by atoms with van der Waals surface area (Å²) < 4.78 is 0. The molecule has 4 nitrogen and oxygen atoms in total. The Labute approximate surface area is 53.7 Å². The van der Waals surface area contributed by atoms with E-state index in [1.165, 1.54) is 4.90 Å². The molecule has 0 heterocycles. The highest BCUT2D eigenvalue weighted by Crippen LogP contribution is 1.78. The molecular weight excluding hydrogens is 118 g/mol. The van der Waals surface area contributed by atoms with Crippen molar-refractivity contribution in [2.45, 2.75) is 6.92 Å². The third-order valence-electron chi connectivity index (χ3n) is 0.920. The average molecular weight is 127 g/mol. The molecule has 4 heteroatoms. The number of hydrogen-bond acceptors (Lipinski definition) is 2. The molecule has 0 spiro atoms. The number of rotatable bonds is 2. The molecule has 0 aliphatic carbocycles. The fraction of sp³-hybridized carbons (Fsp3) is 0.400. The van der Waals surface area contributed by atoms with Crippen molar-refractivity contribution in [1.29, 1.82) is 5.41 Å². The molecule has 0 saturated carbocycles. The minimum absolute atomic E-state index is 0.514. The molecule has 0 bridgehead atoms. The molecule has 1 amide bonds. The Morgan fingerprint density at radius 3 is 2.67 bits per heavy atom. The van der Waals surface area contributed by atoms with Crippen LogP contribution in [0.2, 0.25) is 0 Å². The van der Waals surface area contributed by atoms with Crippen LogP contribution in [0.1, 0.15) is 6.92 Å². The highest BCUT2D eigenvalue weighted by molar-refractivity contribution is 5.92. The third-order valence-corrected chi connectivity index (χ3v) is 0.920. The number of nitrogens with zero attached hydrogens (tertiary/aromatic N) is 2. The summed E-state index contributed by atoms with van der Waals surface area (Å²) in [6.45, 7) is 1.65. The molecule has 50 valence electrons. The molecule has 0 aliphatic rings. The van der Waals surface area contributed by atoms with Gasteiger partial charge >= 0.3 is 0 Å². The van der Waals surface area contributed by atoms with Crippen molar-refractivity contribution in [3.05, 3.63) is 0 Å². The third kappa shape index (κ3) is 2.58. The summed E-state index contributed by atoms with van der Waals surface area (Å²) >= 11 is 0. The van der Waals surface area contributed by atoms with Crippen LogP contribution < -0.4 is 0 Å². The molecule has 0 aromatic rings. The van der Waals surface area contributed by atoms with Crippen LogP contribution in [0.5, 0.6) is 0 Å². The number of carbonyl (C=O) groups excluding carboxylic acids is 1. The van der Waals surface area contributed by atoms with Gasteiger partial charge in [0.25, 0.3) is 0 Å². The van der Waals surface area contributed by atoms with Crippen molar-refractivity contribution >= 4 is 18.6 Å². The maximum absolute atomic E-state index is 9.99. The number of hydrogen-bond donors (Lipinski definition) is 1. The molecule has 0 atom stereocenters. The van der Waals surface area contributed by atoms with Crippen molar-refractivity contribution in [3.63, 3.8) is 0 Å². The normalized spacial score (nSPS) is 10.7. The number of aliphatic imine (C=N–C) groups is 1. The van der Waals surface area contributed by atoms with Gasteiger partial charge in [0.1, 0.15) is 12.2 Å². The summed E-state index contributed by atoms with van der Waals surface area (Å²) in [6.07, 6.45) is 1.54. The predicted octanol–water partition coefficient (Wildman–Crippen LogP) is 0.100. The van der Waals surface area contributed by atoms with Crippen LogP contribution in [0, 0.1) is 5.41 Å². The van der Waals surface area contributed by atoms with Gasteiger partial charge in [0, 0.05) is 7.05 Å². The Bertz CT molecular complexity index is 141. The van der Waals surface area contributed by atoms with E-state index in [9.17, 15) is 4.79 Å². The smallest absolute Gasteiger partial charge is 0.214 e. The lowest BCUT2D eigenvalue weighted by molar-refractivity contribution is -0.114. The zero-order valence-corrected chi connectivity index (χ0v) is 5.46. The predicted molar refractivity (Wildman–Crippen MR) is 35.7 cm³/mol. The first kappa shape index (κ1) is 7.81. The highest BCUT2D eigenvalue weighted by atomic mass is 16.1. The summed E-state index contributed by atoms with van der Waals surface area (Å²) in [6, 6.07) is 0. The molecule has 0 radical (unpaired) electrons. The number of nitrogens with one attached hydrogen (secondary N) is 1. The van der Waals surface area contributed by atoms with Crippen molar-refractivity contribution in [2.75, 3.05) is 7.05 Å². The summed E-state index contributed by atoms with van der Waals surface area (Å²) in [5, 5.41) is 6.55. The summed E-state index contributed by atoms with van der Waals surface area (Å²) in [4.78, 5) is 14.8. The van der Waals surface area contributed by atoms with Crippen LogP contribution in [0.3, 0.4) is 0 Å². The average Bonchev–Trinajstić information content (AvgIpc) is 1.87. The molecule has 0 aromatic heterocycles. The van der Waals surface area contributed by atoms with E-state index in [0.717, 1.165) is 6.34 Å². The van der Waals surface area contributed by atoms with Crippen LogP contribution in [0.4, 0.5) is 0 Å². The molecule has 0 unspecified atom stereocenters. The highest BCUT2D eigenvalue weighted by Gasteiger charge is 1.93. The Kier molecular flexibility index (Phi) is 3.27. The summed E-state index contributed by atoms with van der Waals surface area (Å²) in [5.74, 6) is 0.514. The molecule has 0 rings (SSSR count). The van der Waals surface area contributed by atoms with E-state index in [2.05, 4.69) is 4.99 Å². The fourth-order valence-corrected chi connectivity index (χ4v) is 0.261. The Balaban J connectivity index is 3.99. The van der Waals surface area contributed by atoms with Gasteiger partial charge in [0.05, 0.1) is 0 Å². The van der Waals surface area contributed by atoms with Gasteiger partial charge in [-0.1, -0.05) is 0 Å². The van der Waals surface area contributed by atoms with Crippen molar-refractivity contribution in [3.8, 4) is 0 Å². The van der Waals surface area contributed by atoms with Crippen LogP contribution in [-0.4, -0.2) is 30.5 Å². The van der Waals surface area contributed by atoms with Crippen molar-refractivity contribution < 1.29 is 4.79 Å². The van der Waals surface area contributed by atoms with E-state index in [1.54, 1.807) is 14.0 Å². The van der Waals surface area contributed by atoms with E-state index in [1.807, 2.05) is 0 Å². The van der Waals surface area contributed by atoms with Gasteiger partial charge in [-0.25, -0.2) is 4.99 Å². The monoisotopic (exact) mass is 127 g/mol. The molecule has 9 heavy (non-hydrogen) atoms. The van der Waals surface area contributed by atoms with Gasteiger partial charge in [-0.15, -0.1) is 0 Å². The van der Waals surface area contributed by atoms with E-state index >= 15 is 0 Å². The Morgan fingerprint density at radius 2 is 2.33 bits per heavy atom. The lowest BCUT2D eigenvalue weighted by Gasteiger charge is -2.06. The number of carbonyl (C=O) groups is 1. The van der Waals surface area contributed by atoms with Crippen LogP contribution >= 0.6 is 0 Å². The van der Waals surface area contributed by atoms with Crippen LogP contribution in [0.25, 0.3) is 0 Å². The topological polar surface area (TPSA) is 56.5 Å². The molecule has 0 aliphatic heterocycles. The van der Waals surface area contributed by atoms with Crippen molar-refractivity contribution in [1.82, 2.24) is 4.90 Å². The van der Waals surface area contributed by atoms with E-state index < -0.39 is 0 Å². The number of amidine groups is 1. The largest absolute Gasteiger partial charge is 0.306 e. The van der Waals surface area contributed by atoms with Gasteiger partial charge in [0.15, 0.2) is 0 Å². The Morgan fingerprint density at radius 1 is 1.78 bits per heavy atom. The van der Waals surface area contributed by atoms with Gasteiger partial charge in [-0.3, -0.25) is 10.2 Å². The lowest BCUT2D eigenvalue weighted by atomic mass is 10.6. The van der Waals surface area contributed by atoms with E-state index in [0.29, 0.717) is 12.2 Å². The zero-order chi connectivity index (χ0) is 7.28. The number of amides is 1. The minimum atomic E-state index is 0.514. The standard InChI is InChI=1S/C5H9N3O/c1-5(7-3-6)8(2)4-9/h3-4,6H,1-2H3/b6-3?,7-5+. The molecule has 0 fully saturated rings. The molecular formula is C5H9N3O. The fourth-order valence-electron chi connectivity index (χ4n) is 0.261. The Hall–Kier alpha value is -1.19. The second kappa shape index (κ2) is 3.77. The van der Waals surface area contributed by atoms with Crippen LogP contribution in [-0.2, 0) is 4.79 Å². The quantitative estimate of drug-likeness (QED) is 0.319. The maximum atomic E-state index is 9.99. The lowest BCUT2D eigenvalue weighted by Crippen LogP contribution is -2.21. The van der Waals surface area contributed by atoms with Crippen LogP contribution in [0.15, 0.2) is 4.99 Å². The first-order valence-corrected chi connectivity index (χ1v) is 2.44. The van der Waals surface area contributed by atoms with Gasteiger partial charge in [-0.2, -0.15) is 0 Å². The van der Waals surface area contributed by atoms with E-state index in [4.69, 9.17) is 5.41 Å². The summed E-state index contributed by atoms with van der Waals surface area (Å²) in [7, 11) is 1.58. The SMILES string of the molecule is C/C(=N\C=N)N(C)C=O. The zero-order valence-electron chi connectivity index (χ0n) is 5.46. The first-order chi connectivity index (χ1) is 4.22. The molecule has 0 aromatic carbocycles. The second-order valence-corrected chi connectivity index (χ2v) is 1.52. The van der Waals surface area contributed by atoms with Gasteiger partial charge in [0.2, 0.25) is 6.41 Å². The second-order valence-electron chi connectivity index (χ2n) is 1.52. The minimum Gasteiger partial charge on any atom is -0.306 e. The maximum Gasteiger partial charge on any atom is 0.214 e. The van der Waals surface area contributed by atoms with Gasteiger partial charge in [-0.05, 0) is 6.92 Å². The summed E-state index contributed by atoms with van der Waals surface area (Å²) in [5.41, 5.74) is 0. The van der Waals surface area contributed by atoms with Crippen molar-refractivity contribution in [2.24, 2.45) is 4.99 Å².